The first-order chi connectivity index (χ1) is 9.28. The van der Waals surface area contributed by atoms with Gasteiger partial charge in [0.2, 0.25) is 0 Å². The molecule has 0 radical (unpaired) electrons. The highest BCUT2D eigenvalue weighted by Gasteiger charge is 2.64. The lowest BCUT2D eigenvalue weighted by Gasteiger charge is -2.19. The van der Waals surface area contributed by atoms with Crippen LogP contribution in [0, 0.1) is 16.7 Å². The molecule has 1 aliphatic heterocycles. The van der Waals surface area contributed by atoms with Gasteiger partial charge in [-0.05, 0) is 29.7 Å². The Kier molecular flexibility index (Phi) is 4.09. The lowest BCUT2D eigenvalue weighted by molar-refractivity contribution is -0.145. The van der Waals surface area contributed by atoms with Gasteiger partial charge < -0.3 is 15.5 Å². The van der Waals surface area contributed by atoms with Crippen LogP contribution >= 0.6 is 0 Å². The van der Waals surface area contributed by atoms with Crippen molar-refractivity contribution in [3.8, 4) is 0 Å². The molecule has 20 heavy (non-hydrogen) atoms. The van der Waals surface area contributed by atoms with Gasteiger partial charge in [0.25, 0.3) is 0 Å². The summed E-state index contributed by atoms with van der Waals surface area (Å²) in [5.41, 5.74) is 0.464. The Morgan fingerprint density at radius 3 is 2.40 bits per heavy atom. The minimum atomic E-state index is -0.453. The molecule has 0 atom stereocenters. The molecule has 2 rings (SSSR count). The number of hydrogen-bond acceptors (Lipinski definition) is 3. The number of carbonyl (C=O) groups excluding carboxylic acids is 2. The van der Waals surface area contributed by atoms with Crippen LogP contribution in [-0.2, 0) is 9.59 Å². The number of hydrogen-bond donors (Lipinski definition) is 2. The van der Waals surface area contributed by atoms with Gasteiger partial charge in [0.1, 0.15) is 0 Å². The Morgan fingerprint density at radius 2 is 1.80 bits per heavy atom. The predicted octanol–water partition coefficient (Wildman–Crippen LogP) is 0.607. The van der Waals surface area contributed by atoms with Crippen molar-refractivity contribution in [1.82, 2.24) is 15.5 Å². The molecule has 2 amide bonds. The van der Waals surface area contributed by atoms with Gasteiger partial charge in [-0.25, -0.2) is 0 Å². The number of carbonyl (C=O) groups is 2. The van der Waals surface area contributed by atoms with Crippen LogP contribution in [0.4, 0.5) is 0 Å². The van der Waals surface area contributed by atoms with Crippen LogP contribution in [-0.4, -0.2) is 49.4 Å². The average molecular weight is 281 g/mol. The fourth-order valence-electron chi connectivity index (χ4n) is 3.31. The summed E-state index contributed by atoms with van der Waals surface area (Å²) in [7, 11) is 0. The third-order valence-electron chi connectivity index (χ3n) is 5.61. The van der Waals surface area contributed by atoms with Crippen LogP contribution in [0.3, 0.4) is 0 Å². The topological polar surface area (TPSA) is 61.4 Å². The molecular weight excluding hydrogens is 254 g/mol. The summed E-state index contributed by atoms with van der Waals surface area (Å²) in [5.74, 6) is -0.395. The summed E-state index contributed by atoms with van der Waals surface area (Å²) in [4.78, 5) is 25.7. The normalized spacial score (nSPS) is 24.9. The zero-order chi connectivity index (χ0) is 15.0. The molecule has 0 bridgehead atoms. The smallest absolute Gasteiger partial charge is 0.311 e. The van der Waals surface area contributed by atoms with Crippen molar-refractivity contribution in [3.63, 3.8) is 0 Å². The number of nitrogens with zero attached hydrogens (tertiary/aromatic N) is 1. The van der Waals surface area contributed by atoms with Gasteiger partial charge in [0.15, 0.2) is 0 Å². The maximum atomic E-state index is 12.1. The number of amides is 2. The fourth-order valence-corrected chi connectivity index (χ4v) is 3.31. The van der Waals surface area contributed by atoms with E-state index in [1.807, 2.05) is 0 Å². The molecule has 1 aliphatic carbocycles. The van der Waals surface area contributed by atoms with E-state index in [2.05, 4.69) is 38.3 Å². The summed E-state index contributed by atoms with van der Waals surface area (Å²) in [5, 5.41) is 6.05. The van der Waals surface area contributed by atoms with Crippen LogP contribution in [0.25, 0.3) is 0 Å². The van der Waals surface area contributed by atoms with E-state index in [4.69, 9.17) is 0 Å². The van der Waals surface area contributed by atoms with Gasteiger partial charge >= 0.3 is 11.8 Å². The van der Waals surface area contributed by atoms with Gasteiger partial charge in [-0.1, -0.05) is 27.7 Å². The Hall–Kier alpha value is -1.10. The third kappa shape index (κ3) is 2.68. The van der Waals surface area contributed by atoms with Gasteiger partial charge in [-0.15, -0.1) is 0 Å². The molecule has 5 nitrogen and oxygen atoms in total. The van der Waals surface area contributed by atoms with E-state index in [0.717, 1.165) is 19.5 Å². The molecule has 0 aromatic heterocycles. The maximum Gasteiger partial charge on any atom is 0.311 e. The molecule has 2 aliphatic rings. The first-order valence-electron chi connectivity index (χ1n) is 7.56. The Labute approximate surface area is 121 Å². The molecule has 2 fully saturated rings. The van der Waals surface area contributed by atoms with E-state index >= 15 is 0 Å². The van der Waals surface area contributed by atoms with Crippen molar-refractivity contribution in [3.05, 3.63) is 0 Å². The predicted molar refractivity (Wildman–Crippen MR) is 78.1 cm³/mol. The van der Waals surface area contributed by atoms with Crippen molar-refractivity contribution in [2.75, 3.05) is 32.7 Å². The first-order valence-corrected chi connectivity index (χ1v) is 7.56. The van der Waals surface area contributed by atoms with Crippen molar-refractivity contribution in [2.45, 2.75) is 34.1 Å². The van der Waals surface area contributed by atoms with Gasteiger partial charge in [0.05, 0.1) is 0 Å². The maximum absolute atomic E-state index is 12.1. The van der Waals surface area contributed by atoms with Crippen LogP contribution in [0.2, 0.25) is 0 Å². The van der Waals surface area contributed by atoms with Gasteiger partial charge in [0, 0.05) is 26.2 Å². The molecule has 1 saturated carbocycles. The first kappa shape index (κ1) is 15.3. The quantitative estimate of drug-likeness (QED) is 0.729. The minimum absolute atomic E-state index is 0.232. The SMILES string of the molecule is CC1(C)C(CNC(=O)C(=O)N2CCCNCC2)C1(C)C. The Bertz CT molecular complexity index is 382. The van der Waals surface area contributed by atoms with E-state index in [1.54, 1.807) is 4.90 Å². The molecule has 0 aromatic rings. The Balaban J connectivity index is 1.82. The second-order valence-electron chi connectivity index (χ2n) is 7.10. The second kappa shape index (κ2) is 5.35. The monoisotopic (exact) mass is 281 g/mol. The summed E-state index contributed by atoms with van der Waals surface area (Å²) in [6, 6.07) is 0. The summed E-state index contributed by atoms with van der Waals surface area (Å²) in [6.07, 6.45) is 0.904. The molecule has 5 heteroatoms. The van der Waals surface area contributed by atoms with Crippen molar-refractivity contribution in [2.24, 2.45) is 16.7 Å². The summed E-state index contributed by atoms with van der Waals surface area (Å²) >= 11 is 0. The van der Waals surface area contributed by atoms with Crippen LogP contribution in [0.15, 0.2) is 0 Å². The zero-order valence-electron chi connectivity index (χ0n) is 13.1. The van der Waals surface area contributed by atoms with Crippen LogP contribution in [0.1, 0.15) is 34.1 Å². The van der Waals surface area contributed by atoms with Crippen LogP contribution < -0.4 is 10.6 Å². The minimum Gasteiger partial charge on any atom is -0.348 e. The number of nitrogens with one attached hydrogen (secondary N) is 2. The lowest BCUT2D eigenvalue weighted by Crippen LogP contribution is -2.45. The molecule has 114 valence electrons. The molecule has 2 N–H and O–H groups in total. The molecule has 1 heterocycles. The van der Waals surface area contributed by atoms with Crippen molar-refractivity contribution < 1.29 is 9.59 Å². The van der Waals surface area contributed by atoms with Crippen molar-refractivity contribution in [1.29, 1.82) is 0 Å². The number of rotatable bonds is 2. The lowest BCUT2D eigenvalue weighted by atomic mass is 10.0. The van der Waals surface area contributed by atoms with E-state index in [9.17, 15) is 9.59 Å². The zero-order valence-corrected chi connectivity index (χ0v) is 13.1. The van der Waals surface area contributed by atoms with E-state index < -0.39 is 5.91 Å². The van der Waals surface area contributed by atoms with E-state index in [-0.39, 0.29) is 16.7 Å². The Morgan fingerprint density at radius 1 is 1.15 bits per heavy atom. The molecule has 1 saturated heterocycles. The highest BCUT2D eigenvalue weighted by molar-refractivity contribution is 6.35. The molecular formula is C15H27N3O2. The van der Waals surface area contributed by atoms with Crippen molar-refractivity contribution >= 4 is 11.8 Å². The highest BCUT2D eigenvalue weighted by Crippen LogP contribution is 2.67. The fraction of sp³-hybridized carbons (Fsp3) is 0.867. The molecule has 0 spiro atoms. The largest absolute Gasteiger partial charge is 0.348 e. The second-order valence-corrected chi connectivity index (χ2v) is 7.10. The third-order valence-corrected chi connectivity index (χ3v) is 5.61. The van der Waals surface area contributed by atoms with Gasteiger partial charge in [-0.2, -0.15) is 0 Å². The highest BCUT2D eigenvalue weighted by atomic mass is 16.2. The summed E-state index contributed by atoms with van der Waals surface area (Å²) < 4.78 is 0. The average Bonchev–Trinajstić information content (AvgIpc) is 2.92. The molecule has 0 aromatic carbocycles. The van der Waals surface area contributed by atoms with Crippen LogP contribution in [0.5, 0.6) is 0 Å². The van der Waals surface area contributed by atoms with Gasteiger partial charge in [-0.3, -0.25) is 9.59 Å². The molecule has 0 unspecified atom stereocenters. The van der Waals surface area contributed by atoms with E-state index in [0.29, 0.717) is 25.6 Å². The standard InChI is InChI=1S/C15H27N3O2/c1-14(2)11(15(14,3)4)10-17-12(19)13(20)18-8-5-6-16-7-9-18/h11,16H,5-10H2,1-4H3,(H,17,19). The summed E-state index contributed by atoms with van der Waals surface area (Å²) in [6.45, 7) is 12.4. The van der Waals surface area contributed by atoms with E-state index in [1.165, 1.54) is 0 Å².